The molecule has 1 aliphatic heterocycles. The Hall–Kier alpha value is -1.43. The molecule has 1 unspecified atom stereocenters. The van der Waals surface area contributed by atoms with Gasteiger partial charge in [-0.05, 0) is 25.3 Å². The Morgan fingerprint density at radius 3 is 3.12 bits per heavy atom. The molecular formula is C11H18N4O2. The van der Waals surface area contributed by atoms with E-state index in [0.717, 1.165) is 38.3 Å². The number of aliphatic carboxylic acids is 1. The van der Waals surface area contributed by atoms with Gasteiger partial charge in [0.05, 0.1) is 6.54 Å². The van der Waals surface area contributed by atoms with Crippen LogP contribution in [0.4, 0.5) is 0 Å². The molecule has 17 heavy (non-hydrogen) atoms. The van der Waals surface area contributed by atoms with Gasteiger partial charge in [-0.15, -0.1) is 10.2 Å². The fourth-order valence-electron chi connectivity index (χ4n) is 2.36. The number of piperidine rings is 1. The molecule has 0 aliphatic carbocycles. The van der Waals surface area contributed by atoms with E-state index in [4.69, 9.17) is 5.11 Å². The van der Waals surface area contributed by atoms with Gasteiger partial charge in [0.25, 0.3) is 0 Å². The van der Waals surface area contributed by atoms with Crippen LogP contribution in [0.5, 0.6) is 0 Å². The summed E-state index contributed by atoms with van der Waals surface area (Å²) in [6.07, 6.45) is 4.04. The first kappa shape index (κ1) is 12.0. The highest BCUT2D eigenvalue weighted by atomic mass is 16.4. The van der Waals surface area contributed by atoms with Gasteiger partial charge in [0, 0.05) is 20.0 Å². The molecule has 2 rings (SSSR count). The van der Waals surface area contributed by atoms with Crippen molar-refractivity contribution >= 4 is 5.97 Å². The van der Waals surface area contributed by atoms with Crippen molar-refractivity contribution in [2.24, 2.45) is 13.0 Å². The highest BCUT2D eigenvalue weighted by Crippen LogP contribution is 2.20. The van der Waals surface area contributed by atoms with E-state index in [0.29, 0.717) is 0 Å². The van der Waals surface area contributed by atoms with Crippen LogP contribution in [0, 0.1) is 5.92 Å². The summed E-state index contributed by atoms with van der Waals surface area (Å²) in [5, 5.41) is 16.7. The largest absolute Gasteiger partial charge is 0.481 e. The van der Waals surface area contributed by atoms with Crippen molar-refractivity contribution in [2.75, 3.05) is 13.1 Å². The van der Waals surface area contributed by atoms with Crippen LogP contribution in [-0.2, 0) is 18.4 Å². The van der Waals surface area contributed by atoms with E-state index < -0.39 is 5.97 Å². The third kappa shape index (κ3) is 3.26. The average Bonchev–Trinajstić information content (AvgIpc) is 2.64. The van der Waals surface area contributed by atoms with Gasteiger partial charge < -0.3 is 9.67 Å². The minimum atomic E-state index is -0.699. The fraction of sp³-hybridized carbons (Fsp3) is 0.727. The Labute approximate surface area is 100 Å². The summed E-state index contributed by atoms with van der Waals surface area (Å²) in [7, 11) is 1.92. The quantitative estimate of drug-likeness (QED) is 0.827. The third-order valence-corrected chi connectivity index (χ3v) is 3.24. The van der Waals surface area contributed by atoms with Gasteiger partial charge in [0.2, 0.25) is 0 Å². The lowest BCUT2D eigenvalue weighted by atomic mass is 9.95. The van der Waals surface area contributed by atoms with Crippen LogP contribution in [0.3, 0.4) is 0 Å². The molecule has 0 spiro atoms. The van der Waals surface area contributed by atoms with Crippen LogP contribution < -0.4 is 0 Å². The summed E-state index contributed by atoms with van der Waals surface area (Å²) in [6, 6.07) is 0. The van der Waals surface area contributed by atoms with E-state index in [-0.39, 0.29) is 12.3 Å². The van der Waals surface area contributed by atoms with Crippen molar-refractivity contribution in [2.45, 2.75) is 25.8 Å². The van der Waals surface area contributed by atoms with Crippen LogP contribution in [0.15, 0.2) is 6.33 Å². The number of nitrogens with zero attached hydrogens (tertiary/aromatic N) is 4. The zero-order chi connectivity index (χ0) is 12.3. The van der Waals surface area contributed by atoms with Crippen molar-refractivity contribution in [1.82, 2.24) is 19.7 Å². The lowest BCUT2D eigenvalue weighted by Gasteiger charge is -2.31. The normalized spacial score (nSPS) is 21.6. The molecule has 0 bridgehead atoms. The molecule has 0 amide bonds. The monoisotopic (exact) mass is 238 g/mol. The van der Waals surface area contributed by atoms with Crippen LogP contribution in [0.1, 0.15) is 25.1 Å². The smallest absolute Gasteiger partial charge is 0.303 e. The van der Waals surface area contributed by atoms with E-state index in [1.165, 1.54) is 0 Å². The molecule has 2 heterocycles. The standard InChI is InChI=1S/C11H18N4O2/c1-14-8-12-13-10(14)7-15-4-2-3-9(6-15)5-11(16)17/h8-9H,2-7H2,1H3,(H,16,17). The number of aryl methyl sites for hydroxylation is 1. The maximum atomic E-state index is 10.7. The van der Waals surface area contributed by atoms with Crippen LogP contribution in [-0.4, -0.2) is 43.8 Å². The zero-order valence-electron chi connectivity index (χ0n) is 10.0. The molecule has 1 atom stereocenters. The lowest BCUT2D eigenvalue weighted by Crippen LogP contribution is -2.36. The summed E-state index contributed by atoms with van der Waals surface area (Å²) in [5.74, 6) is 0.506. The number of rotatable bonds is 4. The van der Waals surface area contributed by atoms with E-state index in [2.05, 4.69) is 15.1 Å². The SMILES string of the molecule is Cn1cnnc1CN1CCCC(CC(=O)O)C1. The highest BCUT2D eigenvalue weighted by Gasteiger charge is 2.22. The Kier molecular flexibility index (Phi) is 3.73. The number of carbonyl (C=O) groups is 1. The van der Waals surface area contributed by atoms with Gasteiger partial charge in [-0.1, -0.05) is 0 Å². The van der Waals surface area contributed by atoms with Crippen molar-refractivity contribution < 1.29 is 9.90 Å². The van der Waals surface area contributed by atoms with E-state index in [1.54, 1.807) is 6.33 Å². The second kappa shape index (κ2) is 5.27. The second-order valence-corrected chi connectivity index (χ2v) is 4.70. The summed E-state index contributed by atoms with van der Waals surface area (Å²) in [5.41, 5.74) is 0. The lowest BCUT2D eigenvalue weighted by molar-refractivity contribution is -0.138. The molecule has 1 fully saturated rings. The number of hydrogen-bond acceptors (Lipinski definition) is 4. The van der Waals surface area contributed by atoms with Crippen molar-refractivity contribution in [3.05, 3.63) is 12.2 Å². The zero-order valence-corrected chi connectivity index (χ0v) is 10.0. The van der Waals surface area contributed by atoms with Crippen LogP contribution in [0.25, 0.3) is 0 Å². The molecular weight excluding hydrogens is 220 g/mol. The van der Waals surface area contributed by atoms with E-state index in [1.807, 2.05) is 11.6 Å². The van der Waals surface area contributed by atoms with Gasteiger partial charge in [-0.2, -0.15) is 0 Å². The molecule has 1 saturated heterocycles. The summed E-state index contributed by atoms with van der Waals surface area (Å²) in [6.45, 7) is 2.62. The van der Waals surface area contributed by atoms with E-state index >= 15 is 0 Å². The Balaban J connectivity index is 1.89. The summed E-state index contributed by atoms with van der Waals surface area (Å²) in [4.78, 5) is 13.0. The van der Waals surface area contributed by atoms with Crippen molar-refractivity contribution in [3.63, 3.8) is 0 Å². The third-order valence-electron chi connectivity index (χ3n) is 3.24. The Morgan fingerprint density at radius 1 is 1.65 bits per heavy atom. The topological polar surface area (TPSA) is 71.2 Å². The fourth-order valence-corrected chi connectivity index (χ4v) is 2.36. The van der Waals surface area contributed by atoms with E-state index in [9.17, 15) is 4.79 Å². The molecule has 94 valence electrons. The van der Waals surface area contributed by atoms with Gasteiger partial charge >= 0.3 is 5.97 Å². The predicted octanol–water partition coefficient (Wildman–Crippen LogP) is 0.502. The van der Waals surface area contributed by atoms with Crippen molar-refractivity contribution in [3.8, 4) is 0 Å². The van der Waals surface area contributed by atoms with Gasteiger partial charge in [0.15, 0.2) is 0 Å². The maximum absolute atomic E-state index is 10.7. The second-order valence-electron chi connectivity index (χ2n) is 4.70. The molecule has 1 N–H and O–H groups in total. The van der Waals surface area contributed by atoms with Gasteiger partial charge in [-0.25, -0.2) is 0 Å². The Morgan fingerprint density at radius 2 is 2.47 bits per heavy atom. The Bertz CT molecular complexity index is 391. The molecule has 0 saturated carbocycles. The minimum Gasteiger partial charge on any atom is -0.481 e. The molecule has 0 aromatic carbocycles. The first-order valence-electron chi connectivity index (χ1n) is 5.92. The number of carboxylic acid groups (broad SMARTS) is 1. The van der Waals surface area contributed by atoms with Gasteiger partial charge in [0.1, 0.15) is 12.2 Å². The molecule has 1 aromatic rings. The van der Waals surface area contributed by atoms with Gasteiger partial charge in [-0.3, -0.25) is 9.69 Å². The molecule has 1 aromatic heterocycles. The highest BCUT2D eigenvalue weighted by molar-refractivity contribution is 5.67. The number of carboxylic acids is 1. The number of hydrogen-bond donors (Lipinski definition) is 1. The summed E-state index contributed by atoms with van der Waals surface area (Å²) >= 11 is 0. The molecule has 6 heteroatoms. The van der Waals surface area contributed by atoms with Crippen molar-refractivity contribution in [1.29, 1.82) is 0 Å². The molecule has 0 radical (unpaired) electrons. The number of likely N-dealkylation sites (tertiary alicyclic amines) is 1. The molecule has 1 aliphatic rings. The summed E-state index contributed by atoms with van der Waals surface area (Å²) < 4.78 is 1.90. The number of aromatic nitrogens is 3. The maximum Gasteiger partial charge on any atom is 0.303 e. The predicted molar refractivity (Wildman–Crippen MR) is 61.3 cm³/mol. The molecule has 6 nitrogen and oxygen atoms in total. The minimum absolute atomic E-state index is 0.273. The first-order valence-corrected chi connectivity index (χ1v) is 5.92. The van der Waals surface area contributed by atoms with Crippen LogP contribution >= 0.6 is 0 Å². The average molecular weight is 238 g/mol. The van der Waals surface area contributed by atoms with Crippen LogP contribution in [0.2, 0.25) is 0 Å². The first-order chi connectivity index (χ1) is 8.15.